The van der Waals surface area contributed by atoms with E-state index in [4.69, 9.17) is 23.9 Å². The van der Waals surface area contributed by atoms with Crippen molar-refractivity contribution in [2.45, 2.75) is 139 Å². The summed E-state index contributed by atoms with van der Waals surface area (Å²) in [7, 11) is -4.02. The lowest BCUT2D eigenvalue weighted by Gasteiger charge is -2.30. The van der Waals surface area contributed by atoms with Gasteiger partial charge in [-0.2, -0.15) is 4.98 Å². The van der Waals surface area contributed by atoms with Crippen LogP contribution in [0.4, 0.5) is 10.5 Å². The van der Waals surface area contributed by atoms with Crippen molar-refractivity contribution >= 4 is 61.6 Å². The Morgan fingerprint density at radius 3 is 2.43 bits per heavy atom. The molecule has 17 heteroatoms. The number of allylic oxidation sites excluding steroid dienone is 1. The number of carbonyl (C=O) groups excluding carboxylic acids is 4. The van der Waals surface area contributed by atoms with E-state index in [2.05, 4.69) is 34.1 Å². The third-order valence-electron chi connectivity index (χ3n) is 14.1. The number of alkyl carbamates (subject to hydrolysis) is 1. The maximum atomic E-state index is 14.9. The lowest BCUT2D eigenvalue weighted by atomic mass is 10.0. The van der Waals surface area contributed by atoms with Gasteiger partial charge in [-0.05, 0) is 121 Å². The number of fused-ring (bicyclic) bond motifs is 5. The fraction of sp³-hybridized carbons (Fsp3) is 0.542. The van der Waals surface area contributed by atoms with Gasteiger partial charge in [0.15, 0.2) is 5.82 Å². The lowest BCUT2D eigenvalue weighted by molar-refractivity contribution is -0.141. The van der Waals surface area contributed by atoms with Crippen molar-refractivity contribution in [3.05, 3.63) is 60.7 Å². The molecule has 16 nitrogen and oxygen atoms in total. The first-order chi connectivity index (χ1) is 31.3. The lowest BCUT2D eigenvalue weighted by Crippen LogP contribution is -2.58. The molecule has 346 valence electrons. The Morgan fingerprint density at radius 1 is 0.954 bits per heavy atom. The predicted molar refractivity (Wildman–Crippen MR) is 244 cm³/mol. The molecule has 2 aliphatic heterocycles. The van der Waals surface area contributed by atoms with Crippen LogP contribution < -0.4 is 25.0 Å². The average molecular weight is 910 g/mol. The van der Waals surface area contributed by atoms with Crippen molar-refractivity contribution in [3.63, 3.8) is 0 Å². The second-order valence-electron chi connectivity index (χ2n) is 18.6. The first kappa shape index (κ1) is 44.5. The van der Waals surface area contributed by atoms with Crippen LogP contribution in [0.5, 0.6) is 5.88 Å². The molecule has 4 fully saturated rings. The molecule has 3 N–H and O–H groups in total. The number of nitrogens with one attached hydrogen (secondary N) is 3. The predicted octanol–water partition coefficient (Wildman–Crippen LogP) is 6.67. The number of nitrogens with zero attached hydrogens (tertiary/aromatic N) is 4. The van der Waals surface area contributed by atoms with Crippen molar-refractivity contribution < 1.29 is 41.5 Å². The molecule has 0 spiro atoms. The number of rotatable bonds is 11. The molecule has 3 saturated carbocycles. The van der Waals surface area contributed by atoms with Gasteiger partial charge in [0.1, 0.15) is 40.9 Å². The molecule has 2 aromatic carbocycles. The Bertz CT molecular complexity index is 2600. The van der Waals surface area contributed by atoms with Crippen LogP contribution in [-0.4, -0.2) is 101 Å². The van der Waals surface area contributed by atoms with Crippen molar-refractivity contribution in [2.75, 3.05) is 24.5 Å². The maximum absolute atomic E-state index is 14.9. The number of benzene rings is 2. The summed E-state index contributed by atoms with van der Waals surface area (Å²) in [6.07, 6.45) is 9.76. The van der Waals surface area contributed by atoms with Gasteiger partial charge in [0.05, 0.1) is 11.3 Å². The van der Waals surface area contributed by atoms with E-state index in [-0.39, 0.29) is 31.4 Å². The molecule has 5 aliphatic rings. The Balaban J connectivity index is 1.05. The Labute approximate surface area is 379 Å². The molecule has 4 amide bonds. The Morgan fingerprint density at radius 2 is 1.69 bits per heavy atom. The number of furan rings is 1. The van der Waals surface area contributed by atoms with Crippen LogP contribution in [0.2, 0.25) is 0 Å². The van der Waals surface area contributed by atoms with E-state index < -0.39 is 68.2 Å². The molecular formula is C48H59N7O9S. The number of hydrogen-bond acceptors (Lipinski definition) is 12. The molecule has 4 aromatic rings. The van der Waals surface area contributed by atoms with Crippen LogP contribution in [0.25, 0.3) is 33.5 Å². The largest absolute Gasteiger partial charge is 0.470 e. The summed E-state index contributed by atoms with van der Waals surface area (Å²) in [4.78, 5) is 70.6. The van der Waals surface area contributed by atoms with Crippen molar-refractivity contribution in [3.8, 4) is 17.3 Å². The number of carbonyl (C=O) groups is 4. The second kappa shape index (κ2) is 17.9. The fourth-order valence-electron chi connectivity index (χ4n) is 9.62. The molecule has 2 aromatic heterocycles. The average Bonchev–Trinajstić information content (AvgIpc) is 3.95. The molecule has 0 bridgehead atoms. The summed E-state index contributed by atoms with van der Waals surface area (Å²) in [5, 5.41) is 6.54. The molecule has 4 heterocycles. The van der Waals surface area contributed by atoms with Gasteiger partial charge in [-0.1, -0.05) is 37.1 Å². The Hall–Kier alpha value is -5.71. The van der Waals surface area contributed by atoms with Gasteiger partial charge in [-0.15, -0.1) is 0 Å². The highest BCUT2D eigenvalue weighted by Crippen LogP contribution is 2.48. The number of aromatic nitrogens is 2. The van der Waals surface area contributed by atoms with Gasteiger partial charge in [-0.25, -0.2) is 18.2 Å². The van der Waals surface area contributed by atoms with Gasteiger partial charge < -0.3 is 34.3 Å². The minimum atomic E-state index is -4.02. The third kappa shape index (κ3) is 9.00. The van der Waals surface area contributed by atoms with E-state index in [0.717, 1.165) is 68.3 Å². The Kier molecular flexibility index (Phi) is 12.3. The zero-order valence-corrected chi connectivity index (χ0v) is 38.2. The quantitative estimate of drug-likeness (QED) is 0.135. The van der Waals surface area contributed by atoms with Crippen LogP contribution >= 0.6 is 0 Å². The standard InChI is InChI=1S/C48H59N7O9S/c1-4-54(5-2)32-23-21-30(22-24-32)41-50-39-35-18-13-14-20-38(35)64-40(39)43(51-41)62-34-27-37-42(56)52-48(45(58)53-65(60,61)47(3)25-26-47)28-31(48)15-9-7-6-8-10-19-36(44(57)55(37)29-34)49-46(59)63-33-16-11-12-17-33/h9,13-15,18,20-24,31,33-34,36-37H,4-8,10-12,16-17,19,25-29H2,1-3H3,(H,49,59)(H,52,56)(H,53,58)/b15-9-/t31-,34-,36+,37+,48-/m1/s1. The highest BCUT2D eigenvalue weighted by atomic mass is 32.2. The minimum Gasteiger partial charge on any atom is -0.470 e. The number of amides is 4. The van der Waals surface area contributed by atoms with Crippen LogP contribution in [0.3, 0.4) is 0 Å². The minimum absolute atomic E-state index is 0.00891. The molecule has 0 unspecified atom stereocenters. The van der Waals surface area contributed by atoms with E-state index >= 15 is 0 Å². The summed E-state index contributed by atoms with van der Waals surface area (Å²) >= 11 is 0. The molecule has 0 radical (unpaired) electrons. The summed E-state index contributed by atoms with van der Waals surface area (Å²) < 4.78 is 46.7. The molecule has 65 heavy (non-hydrogen) atoms. The maximum Gasteiger partial charge on any atom is 0.408 e. The van der Waals surface area contributed by atoms with Crippen LogP contribution in [0.15, 0.2) is 65.1 Å². The number of ether oxygens (including phenoxy) is 2. The van der Waals surface area contributed by atoms with Gasteiger partial charge in [0.2, 0.25) is 27.4 Å². The zero-order valence-electron chi connectivity index (χ0n) is 37.3. The first-order valence-electron chi connectivity index (χ1n) is 23.4. The third-order valence-corrected chi connectivity index (χ3v) is 16.2. The summed E-state index contributed by atoms with van der Waals surface area (Å²) in [5.41, 5.74) is 1.68. The summed E-state index contributed by atoms with van der Waals surface area (Å²) in [6, 6.07) is 13.3. The van der Waals surface area contributed by atoms with Gasteiger partial charge >= 0.3 is 6.09 Å². The molecule has 3 aliphatic carbocycles. The number of sulfonamides is 1. The van der Waals surface area contributed by atoms with Crippen molar-refractivity contribution in [2.24, 2.45) is 5.92 Å². The molecule has 1 saturated heterocycles. The number of para-hydroxylation sites is 1. The first-order valence-corrected chi connectivity index (χ1v) is 24.8. The highest BCUT2D eigenvalue weighted by Gasteiger charge is 2.63. The zero-order chi connectivity index (χ0) is 45.5. The van der Waals surface area contributed by atoms with E-state index in [9.17, 15) is 27.6 Å². The van der Waals surface area contributed by atoms with Crippen LogP contribution in [0.1, 0.15) is 104 Å². The SMILES string of the molecule is CCN(CC)c1ccc(-c2nc(O[C@@H]3C[C@H]4C(=O)N[C@]5(C(=O)NS(=O)(=O)C6(C)CC6)C[C@H]5/C=C\CCCCC[C@H](NC(=O)OC5CCCC5)C(=O)N4C3)c3oc4ccccc4c3n2)cc1. The normalized spacial score (nSPS) is 26.3. The van der Waals surface area contributed by atoms with Gasteiger partial charge in [0.25, 0.3) is 11.8 Å². The summed E-state index contributed by atoms with van der Waals surface area (Å²) in [5.74, 6) is -1.87. The van der Waals surface area contributed by atoms with Gasteiger partial charge in [-0.3, -0.25) is 19.1 Å². The van der Waals surface area contributed by atoms with E-state index in [1.54, 1.807) is 6.92 Å². The monoisotopic (exact) mass is 909 g/mol. The number of hydrogen-bond donors (Lipinski definition) is 3. The van der Waals surface area contributed by atoms with E-state index in [0.29, 0.717) is 54.6 Å². The summed E-state index contributed by atoms with van der Waals surface area (Å²) in [6.45, 7) is 7.44. The molecule has 5 atom stereocenters. The van der Waals surface area contributed by atoms with Crippen molar-refractivity contribution in [1.29, 1.82) is 0 Å². The van der Waals surface area contributed by atoms with Crippen molar-refractivity contribution in [1.82, 2.24) is 30.2 Å². The van der Waals surface area contributed by atoms with E-state index in [1.807, 2.05) is 60.7 Å². The van der Waals surface area contributed by atoms with Crippen LogP contribution in [-0.2, 0) is 29.1 Å². The molecular weight excluding hydrogens is 851 g/mol. The second-order valence-corrected chi connectivity index (χ2v) is 20.8. The van der Waals surface area contributed by atoms with Crippen LogP contribution in [0, 0.1) is 5.92 Å². The smallest absolute Gasteiger partial charge is 0.408 e. The number of anilines is 1. The highest BCUT2D eigenvalue weighted by molar-refractivity contribution is 7.91. The topological polar surface area (TPSA) is 202 Å². The fourth-order valence-corrected chi connectivity index (χ4v) is 10.9. The van der Waals surface area contributed by atoms with E-state index in [1.165, 1.54) is 4.90 Å². The van der Waals surface area contributed by atoms with Gasteiger partial charge in [0, 0.05) is 42.1 Å². The molecule has 9 rings (SSSR count).